The Morgan fingerprint density at radius 3 is 0.745 bits per heavy atom. The maximum absolute atomic E-state index is 7.56. The third kappa shape index (κ3) is 53.9. The van der Waals surface area contributed by atoms with Crippen LogP contribution >= 0.6 is 13.4 Å². The zero-order valence-corrected chi connectivity index (χ0v) is 36.6. The third-order valence-electron chi connectivity index (χ3n) is 8.22. The van der Waals surface area contributed by atoms with Crippen molar-refractivity contribution in [2.24, 2.45) is 0 Å². The Labute approximate surface area is 313 Å². The van der Waals surface area contributed by atoms with E-state index in [9.17, 15) is 0 Å². The Hall–Kier alpha value is 0.903. The van der Waals surface area contributed by atoms with Crippen molar-refractivity contribution < 1.29 is 48.8 Å². The van der Waals surface area contributed by atoms with E-state index in [0.717, 1.165) is 0 Å². The molecule has 0 fully saturated rings. The minimum Gasteiger partial charge on any atom is -0.325 e. The van der Waals surface area contributed by atoms with Gasteiger partial charge in [-0.2, -0.15) is 0 Å². The van der Waals surface area contributed by atoms with E-state index in [1.165, 1.54) is 180 Å². The molecule has 0 aliphatic carbocycles. The minimum absolute atomic E-state index is 0. The van der Waals surface area contributed by atoms with Crippen LogP contribution in [0.3, 0.4) is 0 Å². The normalized spacial score (nSPS) is 11.2. The second-order valence-electron chi connectivity index (χ2n) is 12.8. The van der Waals surface area contributed by atoms with Gasteiger partial charge in [-0.3, -0.25) is 0 Å². The van der Waals surface area contributed by atoms with Crippen LogP contribution in [0.5, 0.6) is 0 Å². The van der Waals surface area contributed by atoms with Gasteiger partial charge in [0.25, 0.3) is 0 Å². The first-order valence-electron chi connectivity index (χ1n) is 18.5. The van der Waals surface area contributed by atoms with Gasteiger partial charge in [0.1, 0.15) is 0 Å². The fraction of sp³-hybridized carbons (Fsp3) is 0.833. The van der Waals surface area contributed by atoms with Crippen molar-refractivity contribution in [2.75, 3.05) is 0 Å². The Balaban J connectivity index is -0.00000152. The van der Waals surface area contributed by atoms with E-state index < -0.39 is 13.4 Å². The summed E-state index contributed by atoms with van der Waals surface area (Å²) < 4.78 is 0. The summed E-state index contributed by atoms with van der Waals surface area (Å²) in [6, 6.07) is 9.31. The van der Waals surface area contributed by atoms with Crippen molar-refractivity contribution in [1.29, 1.82) is 0 Å². The van der Waals surface area contributed by atoms with Crippen LogP contribution in [-0.2, 0) is 55.9 Å². The Kier molecular flexibility index (Phi) is 42.4. The SMILES string of the molecule is CCCCCCCCCCCCCCCc1ccccc1CCCCCCCCCCCCCCC.OP(O)(O)=S.OP(O)(O)=S.[Zn]. The first-order valence-corrected chi connectivity index (χ1v) is 23.8. The number of hydrogen-bond acceptors (Lipinski definition) is 2. The van der Waals surface area contributed by atoms with Gasteiger partial charge in [-0.05, 0) is 60.4 Å². The first kappa shape index (κ1) is 52.3. The molecule has 0 aromatic heterocycles. The van der Waals surface area contributed by atoms with Gasteiger partial charge in [0.05, 0.1) is 0 Å². The van der Waals surface area contributed by atoms with Crippen LogP contribution in [0, 0.1) is 0 Å². The Bertz CT molecular complexity index is 784. The molecule has 0 spiro atoms. The number of unbranched alkanes of at least 4 members (excludes halogenated alkanes) is 24. The molecule has 276 valence electrons. The molecule has 0 saturated carbocycles. The predicted molar refractivity (Wildman–Crippen MR) is 207 cm³/mol. The van der Waals surface area contributed by atoms with Crippen LogP contribution in [-0.4, -0.2) is 29.4 Å². The Morgan fingerprint density at radius 1 is 0.383 bits per heavy atom. The number of aryl methyl sites for hydroxylation is 2. The second-order valence-corrected chi connectivity index (χ2v) is 17.8. The maximum atomic E-state index is 7.56. The van der Waals surface area contributed by atoms with E-state index >= 15 is 0 Å². The van der Waals surface area contributed by atoms with Gasteiger partial charge >= 0.3 is 13.4 Å². The summed E-state index contributed by atoms with van der Waals surface area (Å²) in [4.78, 5) is 45.3. The van der Waals surface area contributed by atoms with Gasteiger partial charge in [-0.15, -0.1) is 0 Å². The van der Waals surface area contributed by atoms with E-state index in [2.05, 4.69) is 61.7 Å². The van der Waals surface area contributed by atoms with Gasteiger partial charge in [0.2, 0.25) is 0 Å². The fourth-order valence-electron chi connectivity index (χ4n) is 5.71. The third-order valence-corrected chi connectivity index (χ3v) is 8.22. The average Bonchev–Trinajstić information content (AvgIpc) is 2.97. The Morgan fingerprint density at radius 2 is 0.553 bits per heavy atom. The van der Waals surface area contributed by atoms with Crippen molar-refractivity contribution in [3.05, 3.63) is 35.4 Å². The van der Waals surface area contributed by atoms with Crippen LogP contribution in [0.2, 0.25) is 0 Å². The minimum atomic E-state index is -3.81. The molecule has 0 aliphatic heterocycles. The maximum Gasteiger partial charge on any atom is 0.319 e. The molecule has 11 heteroatoms. The summed E-state index contributed by atoms with van der Waals surface area (Å²) in [6.07, 6.45) is 40.1. The molecule has 0 bridgehead atoms. The molecule has 47 heavy (non-hydrogen) atoms. The summed E-state index contributed by atoms with van der Waals surface area (Å²) in [6.45, 7) is -3.00. The van der Waals surface area contributed by atoms with Crippen LogP contribution in [0.4, 0.5) is 0 Å². The first-order chi connectivity index (χ1) is 21.9. The van der Waals surface area contributed by atoms with Gasteiger partial charge < -0.3 is 29.4 Å². The zero-order chi connectivity index (χ0) is 34.8. The second kappa shape index (κ2) is 38.1. The molecule has 6 N–H and O–H groups in total. The van der Waals surface area contributed by atoms with Crippen LogP contribution < -0.4 is 0 Å². The standard InChI is InChI=1S/C36H66.2H3O3PS.Zn/c1-3-5-7-9-11-13-15-17-19-21-23-25-27-31-35-33-29-30-34-36(35)32-28-26-24-22-20-18-16-14-12-10-8-6-4-2;2*1-4(2,3)5;/h29-30,33-34H,3-28,31-32H2,1-2H3;2*(H3,1,2,3,5);. The smallest absolute Gasteiger partial charge is 0.319 e. The van der Waals surface area contributed by atoms with Crippen LogP contribution in [0.1, 0.15) is 192 Å². The quantitative estimate of drug-likeness (QED) is 0.0282. The van der Waals surface area contributed by atoms with Gasteiger partial charge in [-0.25, -0.2) is 0 Å². The van der Waals surface area contributed by atoms with Crippen molar-refractivity contribution in [3.8, 4) is 0 Å². The molecule has 0 unspecified atom stereocenters. The predicted octanol–water partition coefficient (Wildman–Crippen LogP) is 11.3. The van der Waals surface area contributed by atoms with Crippen molar-refractivity contribution in [3.63, 3.8) is 0 Å². The van der Waals surface area contributed by atoms with Gasteiger partial charge in [0, 0.05) is 19.5 Å². The van der Waals surface area contributed by atoms with Crippen LogP contribution in [0.25, 0.3) is 0 Å². The largest absolute Gasteiger partial charge is 0.325 e. The molecule has 6 nitrogen and oxygen atoms in total. The van der Waals surface area contributed by atoms with Crippen LogP contribution in [0.15, 0.2) is 24.3 Å². The van der Waals surface area contributed by atoms with E-state index in [0.29, 0.717) is 0 Å². The number of benzene rings is 1. The van der Waals surface area contributed by atoms with Gasteiger partial charge in [-0.1, -0.05) is 192 Å². The monoisotopic (exact) mass is 790 g/mol. The molecule has 0 amide bonds. The molecule has 0 aliphatic rings. The summed E-state index contributed by atoms with van der Waals surface area (Å²) in [5, 5.41) is 0. The average molecular weight is 792 g/mol. The van der Waals surface area contributed by atoms with E-state index in [4.69, 9.17) is 29.4 Å². The van der Waals surface area contributed by atoms with E-state index in [1.807, 2.05) is 0 Å². The molecule has 0 radical (unpaired) electrons. The number of rotatable bonds is 28. The number of hydrogen-bond donors (Lipinski definition) is 6. The molecule has 1 aromatic rings. The fourth-order valence-corrected chi connectivity index (χ4v) is 5.71. The molecule has 0 heterocycles. The van der Waals surface area contributed by atoms with Crippen molar-refractivity contribution >= 4 is 37.1 Å². The molecule has 1 rings (SSSR count). The molecule has 0 saturated heterocycles. The molecular formula is C36H72O6P2S2Zn. The topological polar surface area (TPSA) is 121 Å². The van der Waals surface area contributed by atoms with E-state index in [-0.39, 0.29) is 19.5 Å². The summed E-state index contributed by atoms with van der Waals surface area (Å²) in [7, 11) is 0. The van der Waals surface area contributed by atoms with E-state index in [1.54, 1.807) is 11.1 Å². The molecular weight excluding hydrogens is 720 g/mol. The van der Waals surface area contributed by atoms with Crippen molar-refractivity contribution in [1.82, 2.24) is 0 Å². The zero-order valence-electron chi connectivity index (χ0n) is 30.2. The summed E-state index contributed by atoms with van der Waals surface area (Å²) in [5.74, 6) is 0. The molecule has 0 atom stereocenters. The van der Waals surface area contributed by atoms with Crippen molar-refractivity contribution in [2.45, 2.75) is 194 Å². The summed E-state index contributed by atoms with van der Waals surface area (Å²) >= 11 is 7.21. The summed E-state index contributed by atoms with van der Waals surface area (Å²) in [5.41, 5.74) is 3.28. The molecule has 1 aromatic carbocycles. The van der Waals surface area contributed by atoms with Gasteiger partial charge in [0.15, 0.2) is 0 Å².